The number of aromatic nitrogens is 5. The summed E-state index contributed by atoms with van der Waals surface area (Å²) in [4.78, 5) is 23.3. The zero-order valence-electron chi connectivity index (χ0n) is 21.8. The highest BCUT2D eigenvalue weighted by atomic mass is 32.2. The minimum atomic E-state index is 0.00255. The molecular weight excluding hydrogens is 532 g/mol. The summed E-state index contributed by atoms with van der Waals surface area (Å²) in [7, 11) is 0. The predicted molar refractivity (Wildman–Crippen MR) is 152 cm³/mol. The summed E-state index contributed by atoms with van der Waals surface area (Å²) in [6, 6.07) is 10.2. The van der Waals surface area contributed by atoms with Gasteiger partial charge in [0, 0.05) is 30.4 Å². The summed E-state index contributed by atoms with van der Waals surface area (Å²) in [5.74, 6) is 1.29. The van der Waals surface area contributed by atoms with Crippen LogP contribution in [0.15, 0.2) is 40.4 Å². The lowest BCUT2D eigenvalue weighted by Gasteiger charge is -2.35. The Morgan fingerprint density at radius 3 is 2.69 bits per heavy atom. The van der Waals surface area contributed by atoms with Gasteiger partial charge in [0.15, 0.2) is 10.8 Å². The molecule has 0 bridgehead atoms. The number of anilines is 1. The van der Waals surface area contributed by atoms with Crippen molar-refractivity contribution in [3.8, 4) is 0 Å². The van der Waals surface area contributed by atoms with Crippen LogP contribution in [0.4, 0.5) is 5.13 Å². The highest BCUT2D eigenvalue weighted by Gasteiger charge is 2.26. The molecular formula is C27H32N8O2S2. The summed E-state index contributed by atoms with van der Waals surface area (Å²) in [5, 5.41) is 17.8. The lowest BCUT2D eigenvalue weighted by Crippen LogP contribution is -2.44. The molecule has 2 saturated heterocycles. The summed E-state index contributed by atoms with van der Waals surface area (Å²) in [6.07, 6.45) is 4.70. The Labute approximate surface area is 235 Å². The predicted octanol–water partition coefficient (Wildman–Crippen LogP) is 3.75. The number of benzene rings is 1. The molecule has 1 amide bonds. The van der Waals surface area contributed by atoms with E-state index in [1.165, 1.54) is 35.9 Å². The molecule has 1 aromatic carbocycles. The van der Waals surface area contributed by atoms with Crippen molar-refractivity contribution in [2.45, 2.75) is 41.7 Å². The Balaban J connectivity index is 0.944. The fraction of sp³-hybridized carbons (Fsp3) is 0.519. The van der Waals surface area contributed by atoms with E-state index in [0.29, 0.717) is 23.5 Å². The maximum atomic E-state index is 12.8. The maximum absolute atomic E-state index is 12.8. The van der Waals surface area contributed by atoms with E-state index in [4.69, 9.17) is 9.84 Å². The molecule has 2 aliphatic heterocycles. The lowest BCUT2D eigenvalue weighted by molar-refractivity contribution is -0.117. The largest absolute Gasteiger partial charge is 0.379 e. The Bertz CT molecular complexity index is 1470. The van der Waals surface area contributed by atoms with E-state index in [0.717, 1.165) is 90.4 Å². The summed E-state index contributed by atoms with van der Waals surface area (Å²) < 4.78 is 8.33. The number of ether oxygens (including phenoxy) is 1. The second-order valence-electron chi connectivity index (χ2n) is 10.7. The highest BCUT2D eigenvalue weighted by molar-refractivity contribution is 7.99. The number of piperidine rings is 1. The molecule has 0 unspecified atom stereocenters. The van der Waals surface area contributed by atoms with Crippen LogP contribution in [0.3, 0.4) is 0 Å². The molecule has 10 nitrogen and oxygen atoms in total. The number of morpholine rings is 1. The van der Waals surface area contributed by atoms with Crippen LogP contribution in [-0.4, -0.2) is 93.0 Å². The zero-order valence-corrected chi connectivity index (χ0v) is 23.4. The third-order valence-electron chi connectivity index (χ3n) is 7.76. The molecule has 1 aliphatic carbocycles. The van der Waals surface area contributed by atoms with Crippen LogP contribution in [0.5, 0.6) is 0 Å². The molecule has 12 heteroatoms. The molecule has 3 aliphatic rings. The van der Waals surface area contributed by atoms with Gasteiger partial charge in [0.2, 0.25) is 11.1 Å². The number of amides is 1. The van der Waals surface area contributed by atoms with Crippen molar-refractivity contribution in [2.24, 2.45) is 5.92 Å². The molecule has 1 saturated carbocycles. The van der Waals surface area contributed by atoms with E-state index in [9.17, 15) is 4.79 Å². The standard InChI is InChI=1S/C27H32N8O2S2/c36-25(17-33-9-7-18(8-10-33)16-34-11-13-37-14-12-34)29-26-28-22-4-3-20(15-23(22)39-26)38-27-31-30-24-6-5-21(19-1-2-19)32-35(24)27/h3-6,15,18-19H,1-2,7-14,16-17H2,(H,28,29,36). The van der Waals surface area contributed by atoms with Gasteiger partial charge in [-0.05, 0) is 86.8 Å². The van der Waals surface area contributed by atoms with Crippen molar-refractivity contribution in [2.75, 3.05) is 57.8 Å². The smallest absolute Gasteiger partial charge is 0.240 e. The number of carbonyl (C=O) groups excluding carboxylic acids is 1. The number of likely N-dealkylation sites (tertiary alicyclic amines) is 1. The second-order valence-corrected chi connectivity index (χ2v) is 12.8. The first kappa shape index (κ1) is 25.3. The van der Waals surface area contributed by atoms with Crippen molar-refractivity contribution in [1.29, 1.82) is 0 Å². The first-order chi connectivity index (χ1) is 19.2. The van der Waals surface area contributed by atoms with E-state index in [-0.39, 0.29) is 5.91 Å². The van der Waals surface area contributed by atoms with Crippen molar-refractivity contribution in [1.82, 2.24) is 34.6 Å². The van der Waals surface area contributed by atoms with Crippen LogP contribution in [0, 0.1) is 5.92 Å². The van der Waals surface area contributed by atoms with Gasteiger partial charge >= 0.3 is 0 Å². The molecule has 3 aromatic heterocycles. The number of carbonyl (C=O) groups is 1. The molecule has 0 atom stereocenters. The van der Waals surface area contributed by atoms with Gasteiger partial charge in [-0.1, -0.05) is 11.3 Å². The van der Waals surface area contributed by atoms with Gasteiger partial charge in [-0.3, -0.25) is 14.6 Å². The van der Waals surface area contributed by atoms with E-state index >= 15 is 0 Å². The third-order valence-corrected chi connectivity index (χ3v) is 9.62. The Kier molecular flexibility index (Phi) is 7.20. The number of hydrogen-bond acceptors (Lipinski definition) is 10. The van der Waals surface area contributed by atoms with E-state index < -0.39 is 0 Å². The number of hydrogen-bond donors (Lipinski definition) is 1. The van der Waals surface area contributed by atoms with Crippen molar-refractivity contribution < 1.29 is 9.53 Å². The average Bonchev–Trinajstić information content (AvgIpc) is 3.62. The second kappa shape index (κ2) is 11.1. The van der Waals surface area contributed by atoms with E-state index in [2.05, 4.69) is 42.4 Å². The molecule has 1 N–H and O–H groups in total. The molecule has 7 rings (SSSR count). The van der Waals surface area contributed by atoms with Gasteiger partial charge in [0.05, 0.1) is 35.7 Å². The zero-order chi connectivity index (χ0) is 26.2. The Hall–Kier alpha value is -2.64. The van der Waals surface area contributed by atoms with Crippen LogP contribution in [0.2, 0.25) is 0 Å². The topological polar surface area (TPSA) is 101 Å². The highest BCUT2D eigenvalue weighted by Crippen LogP contribution is 2.39. The Morgan fingerprint density at radius 2 is 1.87 bits per heavy atom. The molecule has 5 heterocycles. The van der Waals surface area contributed by atoms with Crippen molar-refractivity contribution >= 4 is 50.0 Å². The number of thiazole rings is 1. The van der Waals surface area contributed by atoms with Gasteiger partial charge in [-0.15, -0.1) is 10.2 Å². The van der Waals surface area contributed by atoms with Gasteiger partial charge in [0.25, 0.3) is 0 Å². The Morgan fingerprint density at radius 1 is 1.03 bits per heavy atom. The molecule has 4 aromatic rings. The van der Waals surface area contributed by atoms with Crippen LogP contribution in [0.25, 0.3) is 15.9 Å². The van der Waals surface area contributed by atoms with Gasteiger partial charge in [-0.25, -0.2) is 4.98 Å². The minimum absolute atomic E-state index is 0.00255. The quantitative estimate of drug-likeness (QED) is 0.343. The SMILES string of the molecule is O=C(CN1CCC(CN2CCOCC2)CC1)Nc1nc2ccc(Sc3nnc4ccc(C5CC5)nn34)cc2s1. The number of nitrogens with one attached hydrogen (secondary N) is 1. The van der Waals surface area contributed by atoms with Crippen LogP contribution in [-0.2, 0) is 9.53 Å². The van der Waals surface area contributed by atoms with Crippen molar-refractivity contribution in [3.63, 3.8) is 0 Å². The number of fused-ring (bicyclic) bond motifs is 2. The lowest BCUT2D eigenvalue weighted by atomic mass is 9.96. The van der Waals surface area contributed by atoms with Gasteiger partial charge < -0.3 is 10.1 Å². The monoisotopic (exact) mass is 564 g/mol. The van der Waals surface area contributed by atoms with Crippen molar-refractivity contribution in [3.05, 3.63) is 36.0 Å². The number of rotatable bonds is 8. The fourth-order valence-corrected chi connectivity index (χ4v) is 7.23. The molecule has 204 valence electrons. The van der Waals surface area contributed by atoms with E-state index in [1.807, 2.05) is 22.7 Å². The maximum Gasteiger partial charge on any atom is 0.240 e. The minimum Gasteiger partial charge on any atom is -0.379 e. The van der Waals surface area contributed by atoms with Crippen LogP contribution in [0.1, 0.15) is 37.3 Å². The molecule has 0 radical (unpaired) electrons. The summed E-state index contributed by atoms with van der Waals surface area (Å²) >= 11 is 3.04. The van der Waals surface area contributed by atoms with Crippen LogP contribution < -0.4 is 5.32 Å². The van der Waals surface area contributed by atoms with Gasteiger partial charge in [0.1, 0.15) is 0 Å². The summed E-state index contributed by atoms with van der Waals surface area (Å²) in [5.41, 5.74) is 2.75. The average molecular weight is 565 g/mol. The molecule has 3 fully saturated rings. The molecule has 39 heavy (non-hydrogen) atoms. The first-order valence-electron chi connectivity index (χ1n) is 13.8. The van der Waals surface area contributed by atoms with Gasteiger partial charge in [-0.2, -0.15) is 9.61 Å². The first-order valence-corrected chi connectivity index (χ1v) is 15.4. The van der Waals surface area contributed by atoms with E-state index in [1.54, 1.807) is 0 Å². The fourth-order valence-electron chi connectivity index (χ4n) is 5.41. The third kappa shape index (κ3) is 5.94. The van der Waals surface area contributed by atoms with Crippen LogP contribution >= 0.6 is 23.1 Å². The molecule has 0 spiro atoms. The number of nitrogens with zero attached hydrogens (tertiary/aromatic N) is 7. The summed E-state index contributed by atoms with van der Waals surface area (Å²) in [6.45, 7) is 7.29. The normalized spacial score (nSPS) is 19.7.